The van der Waals surface area contributed by atoms with Gasteiger partial charge in [-0.05, 0) is 61.8 Å². The fourth-order valence-electron chi connectivity index (χ4n) is 4.33. The first kappa shape index (κ1) is 24.7. The molecule has 180 valence electrons. The van der Waals surface area contributed by atoms with Gasteiger partial charge in [0.15, 0.2) is 5.11 Å². The SMILES string of the molecule is O=C(NC(=S)N1CCN(c2ccc([N+](=O)[O-])c(N3CCCCC3)c2)CC1)c1cc(Br)ccc1Cl. The zero-order valence-electron chi connectivity index (χ0n) is 18.5. The predicted molar refractivity (Wildman–Crippen MR) is 142 cm³/mol. The van der Waals surface area contributed by atoms with Crippen molar-refractivity contribution >= 4 is 67.8 Å². The van der Waals surface area contributed by atoms with Gasteiger partial charge in [0.2, 0.25) is 0 Å². The van der Waals surface area contributed by atoms with E-state index in [1.54, 1.807) is 24.3 Å². The van der Waals surface area contributed by atoms with E-state index in [2.05, 4.69) is 31.0 Å². The van der Waals surface area contributed by atoms with Gasteiger partial charge in [0.05, 0.1) is 15.5 Å². The second kappa shape index (κ2) is 10.9. The van der Waals surface area contributed by atoms with Crippen molar-refractivity contribution in [3.05, 3.63) is 61.6 Å². The molecule has 2 aromatic rings. The standard InChI is InChI=1S/C23H25BrClN5O3S/c24-16-4-6-19(25)18(14-16)22(31)26-23(34)29-12-10-27(11-13-29)17-5-7-20(30(32)33)21(15-17)28-8-2-1-3-9-28/h4-7,14-15H,1-3,8-13H2,(H,26,31,34). The number of hydrogen-bond donors (Lipinski definition) is 1. The lowest BCUT2D eigenvalue weighted by atomic mass is 10.1. The average molecular weight is 567 g/mol. The van der Waals surface area contributed by atoms with Crippen LogP contribution in [0.15, 0.2) is 40.9 Å². The van der Waals surface area contributed by atoms with E-state index >= 15 is 0 Å². The monoisotopic (exact) mass is 565 g/mol. The van der Waals surface area contributed by atoms with Crippen LogP contribution in [0.2, 0.25) is 5.02 Å². The number of thiocarbonyl (C=S) groups is 1. The molecule has 0 bridgehead atoms. The van der Waals surface area contributed by atoms with E-state index < -0.39 is 0 Å². The van der Waals surface area contributed by atoms with E-state index in [9.17, 15) is 14.9 Å². The number of nitro benzene ring substituents is 1. The number of carbonyl (C=O) groups is 1. The summed E-state index contributed by atoms with van der Waals surface area (Å²) in [5, 5.41) is 15.1. The summed E-state index contributed by atoms with van der Waals surface area (Å²) in [5.74, 6) is -0.347. The Hall–Kier alpha value is -2.43. The van der Waals surface area contributed by atoms with Gasteiger partial charge in [0.25, 0.3) is 11.6 Å². The van der Waals surface area contributed by atoms with Crippen LogP contribution in [0.5, 0.6) is 0 Å². The fraction of sp³-hybridized carbons (Fsp3) is 0.391. The molecule has 4 rings (SSSR count). The van der Waals surface area contributed by atoms with Gasteiger partial charge in [-0.25, -0.2) is 0 Å². The van der Waals surface area contributed by atoms with E-state index in [0.717, 1.165) is 42.5 Å². The van der Waals surface area contributed by atoms with E-state index in [-0.39, 0.29) is 16.5 Å². The molecule has 0 unspecified atom stereocenters. The maximum Gasteiger partial charge on any atom is 0.292 e. The van der Waals surface area contributed by atoms with Gasteiger partial charge in [-0.3, -0.25) is 20.2 Å². The number of benzene rings is 2. The molecular formula is C23H25BrClN5O3S. The van der Waals surface area contributed by atoms with Gasteiger partial charge in [0, 0.05) is 55.5 Å². The Bertz CT molecular complexity index is 1100. The summed E-state index contributed by atoms with van der Waals surface area (Å²) in [4.78, 5) is 30.2. The summed E-state index contributed by atoms with van der Waals surface area (Å²) < 4.78 is 0.758. The molecule has 11 heteroatoms. The van der Waals surface area contributed by atoms with Crippen molar-refractivity contribution in [1.82, 2.24) is 10.2 Å². The molecule has 2 fully saturated rings. The Morgan fingerprint density at radius 3 is 2.38 bits per heavy atom. The van der Waals surface area contributed by atoms with Crippen molar-refractivity contribution in [2.45, 2.75) is 19.3 Å². The van der Waals surface area contributed by atoms with Crippen LogP contribution in [0, 0.1) is 10.1 Å². The third-order valence-corrected chi connectivity index (χ3v) is 7.36. The highest BCUT2D eigenvalue weighted by atomic mass is 79.9. The number of piperazine rings is 1. The first-order valence-electron chi connectivity index (χ1n) is 11.2. The summed E-state index contributed by atoms with van der Waals surface area (Å²) in [6, 6.07) is 10.5. The summed E-state index contributed by atoms with van der Waals surface area (Å²) in [6.07, 6.45) is 3.26. The quantitative estimate of drug-likeness (QED) is 0.322. The highest BCUT2D eigenvalue weighted by molar-refractivity contribution is 9.10. The number of hydrogen-bond acceptors (Lipinski definition) is 6. The maximum atomic E-state index is 12.6. The van der Waals surface area contributed by atoms with Crippen LogP contribution in [0.4, 0.5) is 17.1 Å². The molecule has 1 N–H and O–H groups in total. The number of amides is 1. The van der Waals surface area contributed by atoms with Crippen molar-refractivity contribution < 1.29 is 9.72 Å². The molecule has 2 heterocycles. The van der Waals surface area contributed by atoms with Gasteiger partial charge in [0.1, 0.15) is 5.69 Å². The molecule has 0 saturated carbocycles. The third kappa shape index (κ3) is 5.61. The topological polar surface area (TPSA) is 82.0 Å². The highest BCUT2D eigenvalue weighted by Gasteiger charge is 2.25. The minimum Gasteiger partial charge on any atom is -0.368 e. The third-order valence-electron chi connectivity index (χ3n) is 6.18. The molecule has 0 radical (unpaired) electrons. The molecule has 1 amide bonds. The minimum absolute atomic E-state index is 0.152. The van der Waals surface area contributed by atoms with Gasteiger partial charge in [-0.15, -0.1) is 0 Å². The zero-order valence-corrected chi connectivity index (χ0v) is 21.7. The Labute approximate surface area is 217 Å². The summed E-state index contributed by atoms with van der Waals surface area (Å²) in [5.41, 5.74) is 2.16. The van der Waals surface area contributed by atoms with E-state index in [4.69, 9.17) is 23.8 Å². The number of piperidine rings is 1. The van der Waals surface area contributed by atoms with Crippen LogP contribution in [0.3, 0.4) is 0 Å². The van der Waals surface area contributed by atoms with Crippen LogP contribution in [-0.2, 0) is 0 Å². The lowest BCUT2D eigenvalue weighted by Crippen LogP contribution is -2.52. The number of anilines is 2. The fourth-order valence-corrected chi connectivity index (χ4v) is 5.17. The maximum absolute atomic E-state index is 12.6. The van der Waals surface area contributed by atoms with Crippen LogP contribution in [-0.4, -0.2) is 60.1 Å². The lowest BCUT2D eigenvalue weighted by molar-refractivity contribution is -0.384. The van der Waals surface area contributed by atoms with Crippen LogP contribution < -0.4 is 15.1 Å². The summed E-state index contributed by atoms with van der Waals surface area (Å²) >= 11 is 15.0. The molecule has 0 atom stereocenters. The van der Waals surface area contributed by atoms with Crippen LogP contribution in [0.1, 0.15) is 29.6 Å². The second-order valence-corrected chi connectivity index (χ2v) is 10.0. The van der Waals surface area contributed by atoms with Crippen LogP contribution in [0.25, 0.3) is 0 Å². The van der Waals surface area contributed by atoms with Crippen molar-refractivity contribution in [2.24, 2.45) is 0 Å². The normalized spacial score (nSPS) is 16.4. The molecule has 0 aromatic heterocycles. The van der Waals surface area contributed by atoms with Crippen LogP contribution >= 0.6 is 39.7 Å². The molecule has 2 aliphatic heterocycles. The molecule has 34 heavy (non-hydrogen) atoms. The number of rotatable bonds is 4. The average Bonchev–Trinajstić information content (AvgIpc) is 2.85. The minimum atomic E-state index is -0.347. The molecule has 0 spiro atoms. The lowest BCUT2D eigenvalue weighted by Gasteiger charge is -2.37. The van der Waals surface area contributed by atoms with Gasteiger partial charge < -0.3 is 14.7 Å². The number of nitrogens with one attached hydrogen (secondary N) is 1. The van der Waals surface area contributed by atoms with Crippen molar-refractivity contribution in [1.29, 1.82) is 0 Å². The zero-order chi connectivity index (χ0) is 24.2. The first-order valence-corrected chi connectivity index (χ1v) is 12.7. The van der Waals surface area contributed by atoms with Gasteiger partial charge in [-0.1, -0.05) is 27.5 Å². The number of halogens is 2. The largest absolute Gasteiger partial charge is 0.368 e. The molecule has 2 aliphatic rings. The molecular weight excluding hydrogens is 542 g/mol. The molecule has 8 nitrogen and oxygen atoms in total. The predicted octanol–water partition coefficient (Wildman–Crippen LogP) is 4.84. The van der Waals surface area contributed by atoms with E-state index in [1.165, 1.54) is 0 Å². The Kier molecular flexibility index (Phi) is 7.90. The van der Waals surface area contributed by atoms with E-state index in [0.29, 0.717) is 47.6 Å². The highest BCUT2D eigenvalue weighted by Crippen LogP contribution is 2.34. The van der Waals surface area contributed by atoms with Gasteiger partial charge in [-0.2, -0.15) is 0 Å². The number of nitro groups is 1. The smallest absolute Gasteiger partial charge is 0.292 e. The second-order valence-electron chi connectivity index (χ2n) is 8.34. The number of carbonyl (C=O) groups excluding carboxylic acids is 1. The Morgan fingerprint density at radius 2 is 1.71 bits per heavy atom. The molecule has 2 saturated heterocycles. The summed E-state index contributed by atoms with van der Waals surface area (Å²) in [6.45, 7) is 4.31. The van der Waals surface area contributed by atoms with Gasteiger partial charge >= 0.3 is 0 Å². The van der Waals surface area contributed by atoms with Crippen molar-refractivity contribution in [3.8, 4) is 0 Å². The van der Waals surface area contributed by atoms with Crippen molar-refractivity contribution in [3.63, 3.8) is 0 Å². The Morgan fingerprint density at radius 1 is 1.00 bits per heavy atom. The number of nitrogens with zero attached hydrogens (tertiary/aromatic N) is 4. The first-order chi connectivity index (χ1) is 16.3. The Balaban J connectivity index is 1.40. The van der Waals surface area contributed by atoms with E-state index in [1.807, 2.05) is 17.0 Å². The molecule has 2 aromatic carbocycles. The van der Waals surface area contributed by atoms with Crippen molar-refractivity contribution in [2.75, 3.05) is 49.1 Å². The summed E-state index contributed by atoms with van der Waals surface area (Å²) in [7, 11) is 0. The molecule has 0 aliphatic carbocycles.